The molecule has 1 rings (SSSR count). The normalized spacial score (nSPS) is 12.8. The van der Waals surface area contributed by atoms with E-state index in [0.29, 0.717) is 4.47 Å². The Balaban J connectivity index is 2.35. The smallest absolute Gasteiger partial charge is 0.137 e. The second-order valence-corrected chi connectivity index (χ2v) is 5.09. The molecule has 0 saturated heterocycles. The van der Waals surface area contributed by atoms with E-state index in [1.807, 2.05) is 6.92 Å². The van der Waals surface area contributed by atoms with E-state index in [4.69, 9.17) is 11.6 Å². The molecule has 1 aromatic carbocycles. The molecular formula is C11H14BrClFN. The molecule has 0 amide bonds. The third kappa shape index (κ3) is 4.96. The number of halogens is 3. The van der Waals surface area contributed by atoms with Crippen LogP contribution in [0.2, 0.25) is 0 Å². The summed E-state index contributed by atoms with van der Waals surface area (Å²) in [5, 5.41) is 3.44. The Bertz CT molecular complexity index is 317. The Hall–Kier alpha value is -0.120. The van der Waals surface area contributed by atoms with E-state index in [1.54, 1.807) is 12.1 Å². The number of benzene rings is 1. The van der Waals surface area contributed by atoms with Gasteiger partial charge in [0, 0.05) is 11.9 Å². The second-order valence-electron chi connectivity index (χ2n) is 3.49. The van der Waals surface area contributed by atoms with Crippen molar-refractivity contribution in [1.29, 1.82) is 0 Å². The fourth-order valence-electron chi connectivity index (χ4n) is 1.18. The first-order valence-electron chi connectivity index (χ1n) is 4.88. The summed E-state index contributed by atoms with van der Waals surface area (Å²) in [6, 6.07) is 5.02. The van der Waals surface area contributed by atoms with Crippen molar-refractivity contribution < 1.29 is 4.39 Å². The molecule has 0 aromatic heterocycles. The first-order valence-corrected chi connectivity index (χ1v) is 6.11. The minimum atomic E-state index is -0.229. The lowest BCUT2D eigenvalue weighted by molar-refractivity contribution is 0.615. The van der Waals surface area contributed by atoms with E-state index < -0.39 is 0 Å². The molecule has 0 aliphatic carbocycles. The predicted molar refractivity (Wildman–Crippen MR) is 65.7 cm³/mol. The molecule has 84 valence electrons. The quantitative estimate of drug-likeness (QED) is 0.645. The molecule has 0 aliphatic rings. The van der Waals surface area contributed by atoms with Crippen molar-refractivity contribution in [3.8, 4) is 0 Å². The second kappa shape index (κ2) is 6.46. The Morgan fingerprint density at radius 1 is 1.53 bits per heavy atom. The summed E-state index contributed by atoms with van der Waals surface area (Å²) in [5.74, 6) is -0.229. The van der Waals surface area contributed by atoms with Gasteiger partial charge in [-0.2, -0.15) is 0 Å². The van der Waals surface area contributed by atoms with E-state index in [1.165, 1.54) is 6.07 Å². The van der Waals surface area contributed by atoms with Crippen molar-refractivity contribution in [2.45, 2.75) is 25.3 Å². The van der Waals surface area contributed by atoms with Gasteiger partial charge in [-0.15, -0.1) is 11.6 Å². The van der Waals surface area contributed by atoms with Gasteiger partial charge < -0.3 is 5.32 Å². The van der Waals surface area contributed by atoms with E-state index >= 15 is 0 Å². The lowest BCUT2D eigenvalue weighted by atomic mass is 10.2. The van der Waals surface area contributed by atoms with Gasteiger partial charge in [0.25, 0.3) is 0 Å². The maximum absolute atomic E-state index is 12.9. The van der Waals surface area contributed by atoms with Crippen LogP contribution in [0.25, 0.3) is 0 Å². The van der Waals surface area contributed by atoms with Crippen LogP contribution in [0.4, 0.5) is 4.39 Å². The van der Waals surface area contributed by atoms with Gasteiger partial charge in [-0.25, -0.2) is 4.39 Å². The van der Waals surface area contributed by atoms with Crippen LogP contribution in [0.5, 0.6) is 0 Å². The van der Waals surface area contributed by atoms with Gasteiger partial charge in [0.15, 0.2) is 0 Å². The van der Waals surface area contributed by atoms with Gasteiger partial charge in [0.1, 0.15) is 5.82 Å². The van der Waals surface area contributed by atoms with E-state index in [0.717, 1.165) is 25.1 Å². The molecule has 1 unspecified atom stereocenters. The number of nitrogens with one attached hydrogen (secondary N) is 1. The van der Waals surface area contributed by atoms with Crippen LogP contribution < -0.4 is 5.32 Å². The molecule has 0 heterocycles. The summed E-state index contributed by atoms with van der Waals surface area (Å²) in [6.07, 6.45) is 0.934. The van der Waals surface area contributed by atoms with Crippen LogP contribution in [-0.2, 0) is 6.54 Å². The van der Waals surface area contributed by atoms with Crippen molar-refractivity contribution in [1.82, 2.24) is 5.32 Å². The average Bonchev–Trinajstić information content (AvgIpc) is 2.18. The Labute approximate surface area is 103 Å². The van der Waals surface area contributed by atoms with Crippen LogP contribution in [-0.4, -0.2) is 11.9 Å². The maximum atomic E-state index is 12.9. The summed E-state index contributed by atoms with van der Waals surface area (Å²) >= 11 is 8.96. The molecule has 1 atom stereocenters. The number of hydrogen-bond acceptors (Lipinski definition) is 1. The zero-order chi connectivity index (χ0) is 11.3. The van der Waals surface area contributed by atoms with Gasteiger partial charge in [0.05, 0.1) is 4.47 Å². The van der Waals surface area contributed by atoms with Gasteiger partial charge in [-0.05, 0) is 53.5 Å². The Morgan fingerprint density at radius 2 is 2.27 bits per heavy atom. The highest BCUT2D eigenvalue weighted by molar-refractivity contribution is 9.10. The molecule has 1 nitrogen and oxygen atoms in total. The average molecular weight is 295 g/mol. The van der Waals surface area contributed by atoms with Crippen LogP contribution >= 0.6 is 27.5 Å². The van der Waals surface area contributed by atoms with Gasteiger partial charge in [-0.3, -0.25) is 0 Å². The van der Waals surface area contributed by atoms with Crippen LogP contribution in [0.3, 0.4) is 0 Å². The predicted octanol–water partition coefficient (Wildman–Crippen LogP) is 3.70. The molecular weight excluding hydrogens is 280 g/mol. The van der Waals surface area contributed by atoms with Crippen LogP contribution in [0, 0.1) is 5.82 Å². The van der Waals surface area contributed by atoms with Gasteiger partial charge >= 0.3 is 0 Å². The molecule has 0 radical (unpaired) electrons. The number of hydrogen-bond donors (Lipinski definition) is 1. The highest BCUT2D eigenvalue weighted by Crippen LogP contribution is 2.16. The molecule has 4 heteroatoms. The first-order chi connectivity index (χ1) is 7.09. The fourth-order valence-corrected chi connectivity index (χ4v) is 1.72. The van der Waals surface area contributed by atoms with Crippen molar-refractivity contribution in [2.75, 3.05) is 6.54 Å². The Kier molecular flexibility index (Phi) is 5.58. The van der Waals surface area contributed by atoms with Crippen molar-refractivity contribution >= 4 is 27.5 Å². The molecule has 0 spiro atoms. The van der Waals surface area contributed by atoms with Crippen molar-refractivity contribution in [3.05, 3.63) is 34.1 Å². The molecule has 1 aromatic rings. The highest BCUT2D eigenvalue weighted by Gasteiger charge is 2.00. The van der Waals surface area contributed by atoms with Crippen LogP contribution in [0.15, 0.2) is 22.7 Å². The molecule has 15 heavy (non-hydrogen) atoms. The third-order valence-corrected chi connectivity index (χ3v) is 2.86. The first kappa shape index (κ1) is 12.9. The lowest BCUT2D eigenvalue weighted by Crippen LogP contribution is -2.17. The lowest BCUT2D eigenvalue weighted by Gasteiger charge is -2.06. The zero-order valence-corrected chi connectivity index (χ0v) is 10.9. The maximum Gasteiger partial charge on any atom is 0.137 e. The van der Waals surface area contributed by atoms with Crippen LogP contribution in [0.1, 0.15) is 18.9 Å². The van der Waals surface area contributed by atoms with Gasteiger partial charge in [0.2, 0.25) is 0 Å². The summed E-state index contributed by atoms with van der Waals surface area (Å²) in [6.45, 7) is 3.58. The minimum absolute atomic E-state index is 0.192. The van der Waals surface area contributed by atoms with E-state index in [9.17, 15) is 4.39 Å². The fraction of sp³-hybridized carbons (Fsp3) is 0.455. The zero-order valence-electron chi connectivity index (χ0n) is 8.56. The molecule has 0 saturated carbocycles. The highest BCUT2D eigenvalue weighted by atomic mass is 79.9. The molecule has 0 fully saturated rings. The monoisotopic (exact) mass is 293 g/mol. The summed E-state index contributed by atoms with van der Waals surface area (Å²) < 4.78 is 13.4. The topological polar surface area (TPSA) is 12.0 Å². The molecule has 1 N–H and O–H groups in total. The largest absolute Gasteiger partial charge is 0.313 e. The summed E-state index contributed by atoms with van der Waals surface area (Å²) in [4.78, 5) is 0. The SMILES string of the molecule is CC(Cl)CCNCc1ccc(F)c(Br)c1. The van der Waals surface area contributed by atoms with E-state index in [2.05, 4.69) is 21.2 Å². The summed E-state index contributed by atoms with van der Waals surface area (Å²) in [5.41, 5.74) is 1.06. The standard InChI is InChI=1S/C11H14BrClFN/c1-8(13)4-5-15-7-9-2-3-11(14)10(12)6-9/h2-3,6,8,15H,4-5,7H2,1H3. The minimum Gasteiger partial charge on any atom is -0.313 e. The van der Waals surface area contributed by atoms with E-state index in [-0.39, 0.29) is 11.2 Å². The summed E-state index contributed by atoms with van der Waals surface area (Å²) in [7, 11) is 0. The van der Waals surface area contributed by atoms with Crippen molar-refractivity contribution in [3.63, 3.8) is 0 Å². The van der Waals surface area contributed by atoms with Crippen molar-refractivity contribution in [2.24, 2.45) is 0 Å². The van der Waals surface area contributed by atoms with Gasteiger partial charge in [-0.1, -0.05) is 6.07 Å². The third-order valence-electron chi connectivity index (χ3n) is 2.03. The molecule has 0 bridgehead atoms. The molecule has 0 aliphatic heterocycles. The Morgan fingerprint density at radius 3 is 2.87 bits per heavy atom. The number of rotatable bonds is 5. The number of alkyl halides is 1.